The fourth-order valence-corrected chi connectivity index (χ4v) is 2.50. The van der Waals surface area contributed by atoms with Crippen LogP contribution in [0.15, 0.2) is 0 Å². The van der Waals surface area contributed by atoms with E-state index in [1.54, 1.807) is 11.9 Å². The summed E-state index contributed by atoms with van der Waals surface area (Å²) in [5.41, 5.74) is -0.479. The van der Waals surface area contributed by atoms with E-state index in [9.17, 15) is 14.4 Å². The molecule has 7 heteroatoms. The van der Waals surface area contributed by atoms with Crippen molar-refractivity contribution in [2.75, 3.05) is 20.1 Å². The first-order valence-electron chi connectivity index (χ1n) is 7.47. The third-order valence-corrected chi connectivity index (χ3v) is 4.35. The number of esters is 1. The number of carbonyl (C=O) groups excluding carboxylic acids is 2. The first-order chi connectivity index (χ1) is 10.1. The van der Waals surface area contributed by atoms with Crippen molar-refractivity contribution in [3.63, 3.8) is 0 Å². The van der Waals surface area contributed by atoms with Crippen LogP contribution in [0.3, 0.4) is 0 Å². The number of hydrogen-bond donors (Lipinski definition) is 2. The second kappa shape index (κ2) is 7.19. The molecule has 1 heterocycles. The van der Waals surface area contributed by atoms with E-state index in [0.717, 1.165) is 0 Å². The SMILES string of the molecule is CCC(C)(C)[C@@H](OC(C)=O)C(=O)C1CNC(C(=O)O)CN1C. The third kappa shape index (κ3) is 4.27. The van der Waals surface area contributed by atoms with E-state index in [1.807, 2.05) is 20.8 Å². The Hall–Kier alpha value is -1.47. The summed E-state index contributed by atoms with van der Waals surface area (Å²) in [7, 11) is 1.71. The van der Waals surface area contributed by atoms with E-state index < -0.39 is 35.5 Å². The maximum atomic E-state index is 12.8. The number of carboxylic acid groups (broad SMARTS) is 1. The van der Waals surface area contributed by atoms with E-state index in [0.29, 0.717) is 6.42 Å². The molecule has 1 fully saturated rings. The summed E-state index contributed by atoms with van der Waals surface area (Å²) in [6.45, 7) is 7.45. The van der Waals surface area contributed by atoms with Crippen molar-refractivity contribution in [3.8, 4) is 0 Å². The van der Waals surface area contributed by atoms with Crippen molar-refractivity contribution >= 4 is 17.7 Å². The molecule has 2 unspecified atom stereocenters. The van der Waals surface area contributed by atoms with Crippen molar-refractivity contribution in [1.29, 1.82) is 0 Å². The molecule has 0 amide bonds. The molecule has 1 aliphatic rings. The smallest absolute Gasteiger partial charge is 0.322 e. The van der Waals surface area contributed by atoms with Crippen molar-refractivity contribution in [2.45, 2.75) is 52.3 Å². The van der Waals surface area contributed by atoms with Crippen LogP contribution in [0.2, 0.25) is 0 Å². The first kappa shape index (κ1) is 18.6. The van der Waals surface area contributed by atoms with Crippen LogP contribution in [0.5, 0.6) is 0 Å². The molecule has 0 bridgehead atoms. The zero-order chi connectivity index (χ0) is 17.1. The van der Waals surface area contributed by atoms with Crippen LogP contribution < -0.4 is 5.32 Å². The molecular weight excluding hydrogens is 288 g/mol. The largest absolute Gasteiger partial charge is 0.480 e. The lowest BCUT2D eigenvalue weighted by Gasteiger charge is -2.40. The zero-order valence-electron chi connectivity index (χ0n) is 13.9. The minimum absolute atomic E-state index is 0.194. The van der Waals surface area contributed by atoms with Gasteiger partial charge in [0.25, 0.3) is 0 Å². The summed E-state index contributed by atoms with van der Waals surface area (Å²) in [6.07, 6.45) is -0.163. The molecule has 3 atom stereocenters. The van der Waals surface area contributed by atoms with Crippen LogP contribution in [0, 0.1) is 5.41 Å². The fourth-order valence-electron chi connectivity index (χ4n) is 2.50. The fraction of sp³-hybridized carbons (Fsp3) is 0.800. The molecular formula is C15H26N2O5. The number of hydrogen-bond acceptors (Lipinski definition) is 6. The number of nitrogens with one attached hydrogen (secondary N) is 1. The van der Waals surface area contributed by atoms with E-state index in [4.69, 9.17) is 9.84 Å². The number of ether oxygens (including phenoxy) is 1. The molecule has 0 aromatic rings. The molecule has 0 radical (unpaired) electrons. The van der Waals surface area contributed by atoms with Crippen LogP contribution in [0.25, 0.3) is 0 Å². The Morgan fingerprint density at radius 2 is 2.00 bits per heavy atom. The number of aliphatic carboxylic acids is 1. The average Bonchev–Trinajstić information content (AvgIpc) is 2.43. The molecule has 126 valence electrons. The minimum atomic E-state index is -0.942. The number of nitrogens with zero attached hydrogens (tertiary/aromatic N) is 1. The number of piperazine rings is 1. The number of carbonyl (C=O) groups is 3. The maximum Gasteiger partial charge on any atom is 0.322 e. The van der Waals surface area contributed by atoms with Gasteiger partial charge in [-0.1, -0.05) is 20.8 Å². The third-order valence-electron chi connectivity index (χ3n) is 4.35. The summed E-state index contributed by atoms with van der Waals surface area (Å²) in [6, 6.07) is -1.20. The van der Waals surface area contributed by atoms with Gasteiger partial charge in [-0.2, -0.15) is 0 Å². The standard InChI is InChI=1S/C15H26N2O5/c1-6-15(3,4)13(22-9(2)18)12(19)11-7-16-10(14(20)21)8-17(11)5/h10-11,13,16H,6-8H2,1-5H3,(H,20,21)/t10?,11?,13-/m0/s1. The maximum absolute atomic E-state index is 12.8. The Balaban J connectivity index is 2.90. The highest BCUT2D eigenvalue weighted by Gasteiger charge is 2.43. The molecule has 0 aliphatic carbocycles. The molecule has 2 N–H and O–H groups in total. The van der Waals surface area contributed by atoms with Gasteiger partial charge in [0, 0.05) is 25.4 Å². The number of ketones is 1. The van der Waals surface area contributed by atoms with Crippen molar-refractivity contribution in [3.05, 3.63) is 0 Å². The van der Waals surface area contributed by atoms with Gasteiger partial charge in [0.2, 0.25) is 0 Å². The molecule has 0 aromatic heterocycles. The lowest BCUT2D eigenvalue weighted by molar-refractivity contribution is -0.163. The summed E-state index contributed by atoms with van der Waals surface area (Å²) in [5.74, 6) is -1.63. The van der Waals surface area contributed by atoms with E-state index >= 15 is 0 Å². The van der Waals surface area contributed by atoms with E-state index in [1.165, 1.54) is 6.92 Å². The molecule has 1 saturated heterocycles. The lowest BCUT2D eigenvalue weighted by Crippen LogP contribution is -2.62. The van der Waals surface area contributed by atoms with Crippen LogP contribution >= 0.6 is 0 Å². The molecule has 7 nitrogen and oxygen atoms in total. The molecule has 0 aromatic carbocycles. The van der Waals surface area contributed by atoms with Gasteiger partial charge >= 0.3 is 11.9 Å². The van der Waals surface area contributed by atoms with Gasteiger partial charge in [-0.15, -0.1) is 0 Å². The van der Waals surface area contributed by atoms with Crippen LogP contribution in [-0.4, -0.2) is 66.1 Å². The van der Waals surface area contributed by atoms with Gasteiger partial charge in [0.05, 0.1) is 6.04 Å². The summed E-state index contributed by atoms with van der Waals surface area (Å²) < 4.78 is 5.28. The minimum Gasteiger partial charge on any atom is -0.480 e. The van der Waals surface area contributed by atoms with Crippen molar-refractivity contribution < 1.29 is 24.2 Å². The number of carboxylic acids is 1. The second-order valence-electron chi connectivity index (χ2n) is 6.49. The molecule has 1 aliphatic heterocycles. The quantitative estimate of drug-likeness (QED) is 0.680. The monoisotopic (exact) mass is 314 g/mol. The van der Waals surface area contributed by atoms with Gasteiger partial charge in [-0.3, -0.25) is 19.3 Å². The Morgan fingerprint density at radius 3 is 2.41 bits per heavy atom. The Bertz CT molecular complexity index is 449. The topological polar surface area (TPSA) is 95.9 Å². The van der Waals surface area contributed by atoms with E-state index in [-0.39, 0.29) is 18.9 Å². The number of likely N-dealkylation sites (N-methyl/N-ethyl adjacent to an activating group) is 1. The summed E-state index contributed by atoms with van der Waals surface area (Å²) in [4.78, 5) is 36.9. The van der Waals surface area contributed by atoms with Crippen molar-refractivity contribution in [2.24, 2.45) is 5.41 Å². The van der Waals surface area contributed by atoms with Gasteiger partial charge in [-0.05, 0) is 13.5 Å². The normalized spacial score (nSPS) is 24.6. The van der Waals surface area contributed by atoms with Gasteiger partial charge in [0.15, 0.2) is 11.9 Å². The molecule has 0 saturated carbocycles. The van der Waals surface area contributed by atoms with E-state index in [2.05, 4.69) is 5.32 Å². The Labute approximate surface area is 131 Å². The zero-order valence-corrected chi connectivity index (χ0v) is 13.9. The Kier molecular flexibility index (Phi) is 6.08. The summed E-state index contributed by atoms with van der Waals surface area (Å²) in [5, 5.41) is 11.9. The van der Waals surface area contributed by atoms with Gasteiger partial charge < -0.3 is 15.2 Å². The molecule has 1 rings (SSSR count). The van der Waals surface area contributed by atoms with Gasteiger partial charge in [-0.25, -0.2) is 0 Å². The van der Waals surface area contributed by atoms with Crippen LogP contribution in [-0.2, 0) is 19.1 Å². The predicted molar refractivity (Wildman–Crippen MR) is 80.5 cm³/mol. The highest BCUT2D eigenvalue weighted by Crippen LogP contribution is 2.30. The number of Topliss-reactive ketones (excluding diaryl/α,β-unsaturated/α-hetero) is 1. The highest BCUT2D eigenvalue weighted by molar-refractivity contribution is 5.91. The number of rotatable bonds is 6. The van der Waals surface area contributed by atoms with Crippen LogP contribution in [0.4, 0.5) is 0 Å². The predicted octanol–water partition coefficient (Wildman–Crippen LogP) is 0.280. The average molecular weight is 314 g/mol. The van der Waals surface area contributed by atoms with Crippen LogP contribution in [0.1, 0.15) is 34.1 Å². The lowest BCUT2D eigenvalue weighted by atomic mass is 9.79. The van der Waals surface area contributed by atoms with Crippen molar-refractivity contribution in [1.82, 2.24) is 10.2 Å². The van der Waals surface area contributed by atoms with Gasteiger partial charge in [0.1, 0.15) is 6.04 Å². The highest BCUT2D eigenvalue weighted by atomic mass is 16.5. The molecule has 22 heavy (non-hydrogen) atoms. The second-order valence-corrected chi connectivity index (χ2v) is 6.49. The Morgan fingerprint density at radius 1 is 1.41 bits per heavy atom. The molecule has 0 spiro atoms. The first-order valence-corrected chi connectivity index (χ1v) is 7.47. The summed E-state index contributed by atoms with van der Waals surface area (Å²) >= 11 is 0.